The summed E-state index contributed by atoms with van der Waals surface area (Å²) in [5, 5.41) is 3.57. The van der Waals surface area contributed by atoms with E-state index in [0.29, 0.717) is 6.04 Å². The van der Waals surface area contributed by atoms with Crippen LogP contribution < -0.4 is 5.32 Å². The molecule has 1 aromatic heterocycles. The van der Waals surface area contributed by atoms with Crippen molar-refractivity contribution in [3.8, 4) is 0 Å². The zero-order valence-corrected chi connectivity index (χ0v) is 9.48. The smallest absolute Gasteiger partial charge is 0.110 e. The van der Waals surface area contributed by atoms with Crippen LogP contribution in [0.3, 0.4) is 0 Å². The second kappa shape index (κ2) is 3.13. The fraction of sp³-hybridized carbons (Fsp3) is 0.667. The summed E-state index contributed by atoms with van der Waals surface area (Å²) in [4.78, 5) is 0. The Hall–Kier alpha value is -0.760. The highest BCUT2D eigenvalue weighted by Gasteiger charge is 2.32. The highest BCUT2D eigenvalue weighted by atomic mass is 16.3. The molecule has 0 saturated carbocycles. The fourth-order valence-corrected chi connectivity index (χ4v) is 2.23. The molecule has 2 rings (SSSR count). The van der Waals surface area contributed by atoms with Gasteiger partial charge in [0, 0.05) is 24.6 Å². The molecular formula is C12H19NO. The lowest BCUT2D eigenvalue weighted by molar-refractivity contribution is 0.255. The van der Waals surface area contributed by atoms with Gasteiger partial charge in [0.1, 0.15) is 11.5 Å². The molecule has 1 aliphatic heterocycles. The molecule has 0 fully saturated rings. The van der Waals surface area contributed by atoms with Crippen molar-refractivity contribution in [3.05, 3.63) is 23.2 Å². The van der Waals surface area contributed by atoms with Crippen LogP contribution >= 0.6 is 0 Å². The topological polar surface area (TPSA) is 25.2 Å². The first kappa shape index (κ1) is 9.78. The van der Waals surface area contributed by atoms with Crippen LogP contribution in [-0.2, 0) is 6.42 Å². The molecular weight excluding hydrogens is 174 g/mol. The van der Waals surface area contributed by atoms with Crippen molar-refractivity contribution in [1.82, 2.24) is 5.32 Å². The number of fused-ring (bicyclic) bond motifs is 1. The van der Waals surface area contributed by atoms with E-state index in [0.717, 1.165) is 18.7 Å². The van der Waals surface area contributed by atoms with Crippen molar-refractivity contribution in [2.24, 2.45) is 5.41 Å². The van der Waals surface area contributed by atoms with Gasteiger partial charge >= 0.3 is 0 Å². The minimum atomic E-state index is 0.255. The van der Waals surface area contributed by atoms with Crippen LogP contribution in [0.25, 0.3) is 0 Å². The molecule has 2 heterocycles. The molecule has 1 aromatic rings. The van der Waals surface area contributed by atoms with E-state index in [2.05, 4.69) is 32.2 Å². The van der Waals surface area contributed by atoms with Crippen LogP contribution in [-0.4, -0.2) is 6.54 Å². The van der Waals surface area contributed by atoms with Crippen molar-refractivity contribution in [1.29, 1.82) is 0 Å². The molecule has 0 radical (unpaired) electrons. The molecule has 1 unspecified atom stereocenters. The van der Waals surface area contributed by atoms with E-state index in [9.17, 15) is 0 Å². The summed E-state index contributed by atoms with van der Waals surface area (Å²) in [6.07, 6.45) is 1.02. The van der Waals surface area contributed by atoms with Gasteiger partial charge in [-0.25, -0.2) is 0 Å². The molecule has 0 bridgehead atoms. The van der Waals surface area contributed by atoms with Gasteiger partial charge in [-0.3, -0.25) is 0 Å². The lowest BCUT2D eigenvalue weighted by atomic mass is 9.80. The first-order chi connectivity index (χ1) is 6.48. The van der Waals surface area contributed by atoms with Crippen molar-refractivity contribution in [2.45, 2.75) is 40.2 Å². The molecule has 0 spiro atoms. The lowest BCUT2D eigenvalue weighted by Crippen LogP contribution is -2.37. The number of rotatable bonds is 0. The average Bonchev–Trinajstić information content (AvgIpc) is 2.41. The normalized spacial score (nSPS) is 22.1. The Morgan fingerprint density at radius 2 is 2.14 bits per heavy atom. The standard InChI is InChI=1S/C12H19NO/c1-8-7-9-10(14-8)5-6-13-11(9)12(2,3)4/h7,11,13H,5-6H2,1-4H3. The van der Waals surface area contributed by atoms with Gasteiger partial charge < -0.3 is 9.73 Å². The van der Waals surface area contributed by atoms with Crippen molar-refractivity contribution in [2.75, 3.05) is 6.54 Å². The summed E-state index contributed by atoms with van der Waals surface area (Å²) in [6, 6.07) is 2.61. The van der Waals surface area contributed by atoms with Gasteiger partial charge in [-0.2, -0.15) is 0 Å². The highest BCUT2D eigenvalue weighted by molar-refractivity contribution is 5.29. The number of hydrogen-bond acceptors (Lipinski definition) is 2. The summed E-state index contributed by atoms with van der Waals surface area (Å²) >= 11 is 0. The third kappa shape index (κ3) is 1.59. The molecule has 78 valence electrons. The molecule has 0 aromatic carbocycles. The lowest BCUT2D eigenvalue weighted by Gasteiger charge is -2.34. The molecule has 0 amide bonds. The van der Waals surface area contributed by atoms with E-state index in [1.54, 1.807) is 0 Å². The van der Waals surface area contributed by atoms with Crippen LogP contribution in [0, 0.1) is 12.3 Å². The Morgan fingerprint density at radius 3 is 2.79 bits per heavy atom. The third-order valence-corrected chi connectivity index (χ3v) is 2.84. The molecule has 2 nitrogen and oxygen atoms in total. The average molecular weight is 193 g/mol. The van der Waals surface area contributed by atoms with Gasteiger partial charge in [0.05, 0.1) is 0 Å². The van der Waals surface area contributed by atoms with E-state index in [1.807, 2.05) is 6.92 Å². The molecule has 1 atom stereocenters. The highest BCUT2D eigenvalue weighted by Crippen LogP contribution is 2.37. The second-order valence-corrected chi connectivity index (χ2v) is 5.24. The SMILES string of the molecule is Cc1cc2c(o1)CCNC2C(C)(C)C. The van der Waals surface area contributed by atoms with E-state index in [-0.39, 0.29) is 5.41 Å². The van der Waals surface area contributed by atoms with Crippen LogP contribution in [0.4, 0.5) is 0 Å². The van der Waals surface area contributed by atoms with E-state index in [4.69, 9.17) is 4.42 Å². The van der Waals surface area contributed by atoms with E-state index >= 15 is 0 Å². The van der Waals surface area contributed by atoms with E-state index in [1.165, 1.54) is 11.3 Å². The maximum atomic E-state index is 5.69. The first-order valence-electron chi connectivity index (χ1n) is 5.31. The fourth-order valence-electron chi connectivity index (χ4n) is 2.23. The predicted molar refractivity (Wildman–Crippen MR) is 57.3 cm³/mol. The van der Waals surface area contributed by atoms with Gasteiger partial charge in [0.15, 0.2) is 0 Å². The third-order valence-electron chi connectivity index (χ3n) is 2.84. The van der Waals surface area contributed by atoms with Crippen LogP contribution in [0.1, 0.15) is 43.9 Å². The molecule has 0 aliphatic carbocycles. The number of hydrogen-bond donors (Lipinski definition) is 1. The summed E-state index contributed by atoms with van der Waals surface area (Å²) < 4.78 is 5.69. The second-order valence-electron chi connectivity index (χ2n) is 5.24. The van der Waals surface area contributed by atoms with Crippen LogP contribution in [0.2, 0.25) is 0 Å². The Kier molecular flexibility index (Phi) is 2.18. The van der Waals surface area contributed by atoms with Gasteiger partial charge in [-0.05, 0) is 18.4 Å². The summed E-state index contributed by atoms with van der Waals surface area (Å²) in [7, 11) is 0. The van der Waals surface area contributed by atoms with Gasteiger partial charge in [-0.15, -0.1) is 0 Å². The van der Waals surface area contributed by atoms with Crippen LogP contribution in [0.15, 0.2) is 10.5 Å². The maximum Gasteiger partial charge on any atom is 0.110 e. The van der Waals surface area contributed by atoms with Crippen molar-refractivity contribution < 1.29 is 4.42 Å². The Balaban J connectivity index is 2.40. The summed E-state index contributed by atoms with van der Waals surface area (Å²) in [6.45, 7) is 9.85. The minimum absolute atomic E-state index is 0.255. The monoisotopic (exact) mass is 193 g/mol. The minimum Gasteiger partial charge on any atom is -0.466 e. The molecule has 2 heteroatoms. The van der Waals surface area contributed by atoms with Gasteiger partial charge in [0.25, 0.3) is 0 Å². The Labute approximate surface area is 85.7 Å². The molecule has 1 N–H and O–H groups in total. The predicted octanol–water partition coefficient (Wildman–Crippen LogP) is 2.82. The number of furan rings is 1. The van der Waals surface area contributed by atoms with Crippen molar-refractivity contribution in [3.63, 3.8) is 0 Å². The van der Waals surface area contributed by atoms with Gasteiger partial charge in [0.2, 0.25) is 0 Å². The quantitative estimate of drug-likeness (QED) is 0.685. The first-order valence-corrected chi connectivity index (χ1v) is 5.31. The number of nitrogens with one attached hydrogen (secondary N) is 1. The number of aryl methyl sites for hydroxylation is 1. The molecule has 14 heavy (non-hydrogen) atoms. The summed E-state index contributed by atoms with van der Waals surface area (Å²) in [5.74, 6) is 2.22. The Bertz CT molecular complexity index is 333. The summed E-state index contributed by atoms with van der Waals surface area (Å²) in [5.41, 5.74) is 1.62. The Morgan fingerprint density at radius 1 is 1.43 bits per heavy atom. The van der Waals surface area contributed by atoms with Crippen molar-refractivity contribution >= 4 is 0 Å². The zero-order valence-electron chi connectivity index (χ0n) is 9.48. The van der Waals surface area contributed by atoms with E-state index < -0.39 is 0 Å². The zero-order chi connectivity index (χ0) is 10.3. The van der Waals surface area contributed by atoms with Crippen LogP contribution in [0.5, 0.6) is 0 Å². The molecule has 1 aliphatic rings. The largest absolute Gasteiger partial charge is 0.466 e. The maximum absolute atomic E-state index is 5.69. The molecule has 0 saturated heterocycles. The van der Waals surface area contributed by atoms with Gasteiger partial charge in [-0.1, -0.05) is 20.8 Å².